The lowest BCUT2D eigenvalue weighted by atomic mass is 10.1. The maximum absolute atomic E-state index is 8.88. The summed E-state index contributed by atoms with van der Waals surface area (Å²) in [6.45, 7) is 0. The molecular weight excluding hydrogens is 335 g/mol. The number of nitrogens with zero attached hydrogens (tertiary/aromatic N) is 2. The van der Waals surface area contributed by atoms with E-state index < -0.39 is 6.10 Å². The van der Waals surface area contributed by atoms with Crippen LogP contribution < -0.4 is 0 Å². The van der Waals surface area contributed by atoms with E-state index in [1.807, 2.05) is 0 Å². The predicted octanol–water partition coefficient (Wildman–Crippen LogP) is 4.93. The Kier molecular flexibility index (Phi) is 6.00. The summed E-state index contributed by atoms with van der Waals surface area (Å²) < 4.78 is 10.9. The van der Waals surface area contributed by atoms with Gasteiger partial charge in [-0.2, -0.15) is 5.26 Å². The molecule has 2 rings (SSSR count). The highest BCUT2D eigenvalue weighted by atomic mass is 35.5. The minimum absolute atomic E-state index is 0.312. The highest BCUT2D eigenvalue weighted by Gasteiger charge is 2.20. The zero-order valence-corrected chi connectivity index (χ0v) is 14.1. The van der Waals surface area contributed by atoms with Crippen molar-refractivity contribution in [2.75, 3.05) is 14.2 Å². The number of methoxy groups -OCH3 is 2. The molecule has 6 heteroatoms. The maximum atomic E-state index is 8.88. The highest BCUT2D eigenvalue weighted by Crippen LogP contribution is 2.34. The number of rotatable bonds is 4. The van der Waals surface area contributed by atoms with Crippen LogP contribution in [-0.2, 0) is 9.47 Å². The zero-order valence-electron chi connectivity index (χ0n) is 12.6. The first-order valence-corrected chi connectivity index (χ1v) is 7.45. The van der Waals surface area contributed by atoms with Crippen LogP contribution in [0, 0.1) is 11.3 Å². The lowest BCUT2D eigenvalue weighted by Gasteiger charge is -2.17. The number of aliphatic imine (C=N–C) groups is 1. The first-order valence-electron chi connectivity index (χ1n) is 6.70. The molecule has 0 aliphatic carbocycles. The van der Waals surface area contributed by atoms with E-state index >= 15 is 0 Å². The summed E-state index contributed by atoms with van der Waals surface area (Å²) in [7, 11) is 3.05. The molecule has 0 bridgehead atoms. The van der Waals surface area contributed by atoms with E-state index in [0.717, 1.165) is 5.56 Å². The molecule has 0 N–H and O–H groups in total. The molecule has 0 heterocycles. The molecule has 0 saturated carbocycles. The number of nitriles is 1. The van der Waals surface area contributed by atoms with E-state index in [1.54, 1.807) is 49.6 Å². The number of ether oxygens (including phenoxy) is 2. The SMILES string of the molecule is COC(=Nc1c(Cl)cccc1Cl)C(OC)c1ccc(C#N)cc1. The van der Waals surface area contributed by atoms with E-state index in [1.165, 1.54) is 7.11 Å². The summed E-state index contributed by atoms with van der Waals surface area (Å²) in [6.07, 6.45) is -0.542. The van der Waals surface area contributed by atoms with Crippen molar-refractivity contribution in [3.63, 3.8) is 0 Å². The lowest BCUT2D eigenvalue weighted by Crippen LogP contribution is -2.16. The number of hydrogen-bond donors (Lipinski definition) is 0. The summed E-state index contributed by atoms with van der Waals surface area (Å²) in [4.78, 5) is 4.41. The van der Waals surface area contributed by atoms with Crippen molar-refractivity contribution >= 4 is 34.8 Å². The largest absolute Gasteiger partial charge is 0.482 e. The average molecular weight is 349 g/mol. The third kappa shape index (κ3) is 4.02. The van der Waals surface area contributed by atoms with Crippen molar-refractivity contribution in [1.82, 2.24) is 0 Å². The quantitative estimate of drug-likeness (QED) is 0.581. The molecular formula is C17H14Cl2N2O2. The van der Waals surface area contributed by atoms with Crippen molar-refractivity contribution in [3.05, 3.63) is 63.6 Å². The minimum Gasteiger partial charge on any atom is -0.482 e. The molecule has 0 aromatic heterocycles. The van der Waals surface area contributed by atoms with Gasteiger partial charge in [0.2, 0.25) is 5.90 Å². The van der Waals surface area contributed by atoms with Crippen molar-refractivity contribution in [2.24, 2.45) is 4.99 Å². The van der Waals surface area contributed by atoms with Gasteiger partial charge in [0, 0.05) is 7.11 Å². The van der Waals surface area contributed by atoms with Gasteiger partial charge in [0.05, 0.1) is 28.8 Å². The Hall–Kier alpha value is -2.06. The van der Waals surface area contributed by atoms with Crippen LogP contribution in [0.2, 0.25) is 10.0 Å². The molecule has 0 radical (unpaired) electrons. The van der Waals surface area contributed by atoms with Crippen molar-refractivity contribution in [3.8, 4) is 6.07 Å². The van der Waals surface area contributed by atoms with Gasteiger partial charge in [0.15, 0.2) is 6.10 Å². The maximum Gasteiger partial charge on any atom is 0.223 e. The molecule has 4 nitrogen and oxygen atoms in total. The number of benzene rings is 2. The van der Waals surface area contributed by atoms with E-state index in [0.29, 0.717) is 27.2 Å². The van der Waals surface area contributed by atoms with E-state index in [9.17, 15) is 0 Å². The van der Waals surface area contributed by atoms with Crippen LogP contribution in [0.3, 0.4) is 0 Å². The second-order valence-electron chi connectivity index (χ2n) is 4.57. The fourth-order valence-electron chi connectivity index (χ4n) is 2.03. The van der Waals surface area contributed by atoms with Gasteiger partial charge in [0.1, 0.15) is 5.69 Å². The summed E-state index contributed by atoms with van der Waals surface area (Å²) >= 11 is 12.3. The van der Waals surface area contributed by atoms with Crippen LogP contribution in [-0.4, -0.2) is 20.1 Å². The fourth-order valence-corrected chi connectivity index (χ4v) is 2.51. The third-order valence-electron chi connectivity index (χ3n) is 3.17. The lowest BCUT2D eigenvalue weighted by molar-refractivity contribution is 0.135. The molecule has 0 fully saturated rings. The molecule has 2 aromatic rings. The monoisotopic (exact) mass is 348 g/mol. The van der Waals surface area contributed by atoms with Crippen molar-refractivity contribution in [1.29, 1.82) is 5.26 Å². The molecule has 0 aliphatic rings. The Bertz CT molecular complexity index is 732. The first kappa shape index (κ1) is 17.3. The summed E-state index contributed by atoms with van der Waals surface area (Å²) in [6, 6.07) is 14.2. The summed E-state index contributed by atoms with van der Waals surface area (Å²) in [5, 5.41) is 9.71. The molecule has 1 unspecified atom stereocenters. The Morgan fingerprint density at radius 1 is 1.09 bits per heavy atom. The summed E-state index contributed by atoms with van der Waals surface area (Å²) in [5.41, 5.74) is 1.78. The molecule has 118 valence electrons. The molecule has 0 saturated heterocycles. The van der Waals surface area contributed by atoms with Crippen molar-refractivity contribution < 1.29 is 9.47 Å². The van der Waals surface area contributed by atoms with Crippen LogP contribution >= 0.6 is 23.2 Å². The number of hydrogen-bond acceptors (Lipinski definition) is 4. The van der Waals surface area contributed by atoms with Gasteiger partial charge in [-0.05, 0) is 29.8 Å². The zero-order chi connectivity index (χ0) is 16.8. The second-order valence-corrected chi connectivity index (χ2v) is 5.39. The van der Waals surface area contributed by atoms with Crippen LogP contribution in [0.1, 0.15) is 17.2 Å². The van der Waals surface area contributed by atoms with E-state index in [4.69, 9.17) is 37.9 Å². The Morgan fingerprint density at radius 3 is 2.17 bits per heavy atom. The van der Waals surface area contributed by atoms with Gasteiger partial charge in [-0.1, -0.05) is 41.4 Å². The molecule has 23 heavy (non-hydrogen) atoms. The second kappa shape index (κ2) is 7.98. The molecule has 0 amide bonds. The standard InChI is InChI=1S/C17H14Cl2N2O2/c1-22-16(12-8-6-11(10-20)7-9-12)17(23-2)21-15-13(18)4-3-5-14(15)19/h3-9,16H,1-2H3. The van der Waals surface area contributed by atoms with Gasteiger partial charge >= 0.3 is 0 Å². The van der Waals surface area contributed by atoms with Gasteiger partial charge in [-0.3, -0.25) is 0 Å². The predicted molar refractivity (Wildman–Crippen MR) is 91.5 cm³/mol. The molecule has 0 spiro atoms. The Morgan fingerprint density at radius 2 is 1.70 bits per heavy atom. The highest BCUT2D eigenvalue weighted by molar-refractivity contribution is 6.38. The Labute approximate surface area is 144 Å². The number of para-hydroxylation sites is 1. The third-order valence-corrected chi connectivity index (χ3v) is 3.78. The normalized spacial score (nSPS) is 12.6. The van der Waals surface area contributed by atoms with E-state index in [2.05, 4.69) is 11.1 Å². The van der Waals surface area contributed by atoms with Crippen molar-refractivity contribution in [2.45, 2.75) is 6.10 Å². The first-order chi connectivity index (χ1) is 11.1. The topological polar surface area (TPSA) is 54.6 Å². The van der Waals surface area contributed by atoms with Gasteiger partial charge < -0.3 is 9.47 Å². The number of halogens is 2. The van der Waals surface area contributed by atoms with Gasteiger partial charge in [-0.15, -0.1) is 0 Å². The van der Waals surface area contributed by atoms with Gasteiger partial charge in [-0.25, -0.2) is 4.99 Å². The van der Waals surface area contributed by atoms with Crippen LogP contribution in [0.4, 0.5) is 5.69 Å². The van der Waals surface area contributed by atoms with Crippen LogP contribution in [0.5, 0.6) is 0 Å². The summed E-state index contributed by atoms with van der Waals surface area (Å²) in [5.74, 6) is 0.312. The molecule has 1 atom stereocenters. The minimum atomic E-state index is -0.542. The Balaban J connectivity index is 2.44. The fraction of sp³-hybridized carbons (Fsp3) is 0.176. The smallest absolute Gasteiger partial charge is 0.223 e. The molecule has 0 aliphatic heterocycles. The van der Waals surface area contributed by atoms with E-state index in [-0.39, 0.29) is 0 Å². The molecule has 2 aromatic carbocycles. The van der Waals surface area contributed by atoms with Crippen LogP contribution in [0.15, 0.2) is 47.5 Å². The van der Waals surface area contributed by atoms with Crippen LogP contribution in [0.25, 0.3) is 0 Å². The van der Waals surface area contributed by atoms with Gasteiger partial charge in [0.25, 0.3) is 0 Å². The average Bonchev–Trinajstić information content (AvgIpc) is 2.57.